The van der Waals surface area contributed by atoms with Crippen LogP contribution in [0.2, 0.25) is 0 Å². The van der Waals surface area contributed by atoms with Crippen molar-refractivity contribution in [3.05, 3.63) is 71.9 Å². The number of aryl methyl sites for hydroxylation is 1. The van der Waals surface area contributed by atoms with Crippen molar-refractivity contribution in [1.82, 2.24) is 13.8 Å². The highest BCUT2D eigenvalue weighted by Crippen LogP contribution is 2.34. The highest BCUT2D eigenvalue weighted by Gasteiger charge is 2.30. The average Bonchev–Trinajstić information content (AvgIpc) is 3.12. The molecule has 2 amide bonds. The van der Waals surface area contributed by atoms with Gasteiger partial charge in [-0.2, -0.15) is 0 Å². The number of amides is 2. The Morgan fingerprint density at radius 3 is 2.24 bits per heavy atom. The van der Waals surface area contributed by atoms with Crippen molar-refractivity contribution < 1.29 is 27.5 Å². The fourth-order valence-electron chi connectivity index (χ4n) is 5.24. The molecule has 1 aliphatic rings. The Bertz CT molecular complexity index is 1750. The second-order valence-electron chi connectivity index (χ2n) is 11.3. The third-order valence-corrected chi connectivity index (χ3v) is 8.92. The Morgan fingerprint density at radius 2 is 1.54 bits per heavy atom. The minimum atomic E-state index is -4.10. The first-order valence-corrected chi connectivity index (χ1v) is 15.0. The first-order valence-electron chi connectivity index (χ1n) is 13.6. The maximum absolute atomic E-state index is 14.2. The average molecular weight is 578 g/mol. The molecule has 1 aliphatic heterocycles. The lowest BCUT2D eigenvalue weighted by Gasteiger charge is -2.26. The van der Waals surface area contributed by atoms with Gasteiger partial charge in [-0.05, 0) is 58.4 Å². The molecule has 0 bridgehead atoms. The van der Waals surface area contributed by atoms with Gasteiger partial charge < -0.3 is 19.3 Å². The minimum absolute atomic E-state index is 0.119. The molecule has 0 aliphatic carbocycles. The fourth-order valence-corrected chi connectivity index (χ4v) is 6.81. The van der Waals surface area contributed by atoms with Gasteiger partial charge in [0.15, 0.2) is 0 Å². The maximum Gasteiger partial charge on any atom is 0.410 e. The SMILES string of the molecule is COc1ccc(S(=O)(=O)n2cc(C(=O)N3CCCN(C(=O)OC(C)(C)C)CC3)c3cc(C)ccc32)c2ccccc12. The predicted molar refractivity (Wildman–Crippen MR) is 158 cm³/mol. The van der Waals surface area contributed by atoms with Gasteiger partial charge in [-0.15, -0.1) is 0 Å². The Kier molecular flexibility index (Phi) is 7.46. The van der Waals surface area contributed by atoms with Crippen LogP contribution in [0.5, 0.6) is 5.75 Å². The molecule has 10 heteroatoms. The quantitative estimate of drug-likeness (QED) is 0.321. The molecule has 0 radical (unpaired) electrons. The molecule has 9 nitrogen and oxygen atoms in total. The molecule has 0 atom stereocenters. The Labute approximate surface area is 240 Å². The van der Waals surface area contributed by atoms with E-state index in [1.807, 2.05) is 52.0 Å². The zero-order valence-corrected chi connectivity index (χ0v) is 24.8. The van der Waals surface area contributed by atoms with Crippen molar-refractivity contribution in [2.45, 2.75) is 44.6 Å². The molecule has 1 fully saturated rings. The highest BCUT2D eigenvalue weighted by atomic mass is 32.2. The van der Waals surface area contributed by atoms with Crippen molar-refractivity contribution in [3.8, 4) is 5.75 Å². The number of hydrogen-bond acceptors (Lipinski definition) is 6. The van der Waals surface area contributed by atoms with E-state index in [0.29, 0.717) is 65.6 Å². The zero-order chi connectivity index (χ0) is 29.5. The summed E-state index contributed by atoms with van der Waals surface area (Å²) >= 11 is 0. The number of methoxy groups -OCH3 is 1. The largest absolute Gasteiger partial charge is 0.496 e. The van der Waals surface area contributed by atoms with E-state index < -0.39 is 21.7 Å². The van der Waals surface area contributed by atoms with Crippen molar-refractivity contribution in [3.63, 3.8) is 0 Å². The van der Waals surface area contributed by atoms with Crippen LogP contribution in [0.1, 0.15) is 43.1 Å². The Hall–Kier alpha value is -4.05. The number of hydrogen-bond donors (Lipinski definition) is 0. The van der Waals surface area contributed by atoms with Crippen molar-refractivity contribution in [2.24, 2.45) is 0 Å². The number of nitrogens with zero attached hydrogens (tertiary/aromatic N) is 3. The lowest BCUT2D eigenvalue weighted by atomic mass is 10.1. The van der Waals surface area contributed by atoms with Crippen molar-refractivity contribution in [2.75, 3.05) is 33.3 Å². The zero-order valence-electron chi connectivity index (χ0n) is 24.0. The fraction of sp³-hybridized carbons (Fsp3) is 0.355. The van der Waals surface area contributed by atoms with Gasteiger partial charge in [-0.3, -0.25) is 4.79 Å². The highest BCUT2D eigenvalue weighted by molar-refractivity contribution is 7.90. The van der Waals surface area contributed by atoms with Gasteiger partial charge in [0.25, 0.3) is 15.9 Å². The van der Waals surface area contributed by atoms with Crippen LogP contribution in [-0.4, -0.2) is 73.1 Å². The van der Waals surface area contributed by atoms with E-state index >= 15 is 0 Å². The number of carbonyl (C=O) groups is 2. The van der Waals surface area contributed by atoms with E-state index in [0.717, 1.165) is 5.56 Å². The first-order chi connectivity index (χ1) is 19.4. The summed E-state index contributed by atoms with van der Waals surface area (Å²) < 4.78 is 40.5. The Morgan fingerprint density at radius 1 is 0.854 bits per heavy atom. The van der Waals surface area contributed by atoms with E-state index in [-0.39, 0.29) is 10.8 Å². The molecule has 41 heavy (non-hydrogen) atoms. The lowest BCUT2D eigenvalue weighted by molar-refractivity contribution is 0.0255. The van der Waals surface area contributed by atoms with Crippen LogP contribution in [0.15, 0.2) is 65.7 Å². The molecule has 0 unspecified atom stereocenters. The summed E-state index contributed by atoms with van der Waals surface area (Å²) in [6.07, 6.45) is 1.60. The Balaban J connectivity index is 1.53. The third-order valence-electron chi connectivity index (χ3n) is 7.19. The number of ether oxygens (including phenoxy) is 2. The monoisotopic (exact) mass is 577 g/mol. The normalized spacial score (nSPS) is 14.8. The molecule has 3 aromatic carbocycles. The maximum atomic E-state index is 14.2. The standard InChI is InChI=1S/C31H35N3O6S/c1-21-11-12-26-24(19-21)25(29(35)32-15-8-16-33(18-17-32)30(36)40-31(2,3)4)20-34(26)41(37,38)28-14-13-27(39-5)22-9-6-7-10-23(22)28/h6-7,9-14,19-20H,8,15-18H2,1-5H3. The van der Waals surface area contributed by atoms with Gasteiger partial charge in [-0.25, -0.2) is 17.2 Å². The lowest BCUT2D eigenvalue weighted by Crippen LogP contribution is -2.40. The van der Waals surface area contributed by atoms with Crippen LogP contribution in [0.25, 0.3) is 21.7 Å². The van der Waals surface area contributed by atoms with Crippen LogP contribution in [0.4, 0.5) is 4.79 Å². The van der Waals surface area contributed by atoms with E-state index in [9.17, 15) is 18.0 Å². The van der Waals surface area contributed by atoms with Crippen LogP contribution < -0.4 is 4.74 Å². The summed E-state index contributed by atoms with van der Waals surface area (Å²) in [4.78, 5) is 30.0. The molecule has 1 saturated heterocycles. The number of rotatable bonds is 4. The van der Waals surface area contributed by atoms with E-state index in [4.69, 9.17) is 9.47 Å². The van der Waals surface area contributed by atoms with Gasteiger partial charge in [0.1, 0.15) is 11.4 Å². The molecule has 0 N–H and O–H groups in total. The summed E-state index contributed by atoms with van der Waals surface area (Å²) in [6, 6.07) is 15.8. The van der Waals surface area contributed by atoms with Crippen LogP contribution in [-0.2, 0) is 14.8 Å². The van der Waals surface area contributed by atoms with Gasteiger partial charge in [0.05, 0.1) is 23.1 Å². The summed E-state index contributed by atoms with van der Waals surface area (Å²) in [5.41, 5.74) is 1.02. The topological polar surface area (TPSA) is 98.1 Å². The predicted octanol–water partition coefficient (Wildman–Crippen LogP) is 5.43. The number of benzene rings is 3. The molecular weight excluding hydrogens is 542 g/mol. The van der Waals surface area contributed by atoms with Crippen LogP contribution in [0.3, 0.4) is 0 Å². The summed E-state index contributed by atoms with van der Waals surface area (Å²) in [7, 11) is -2.55. The molecule has 216 valence electrons. The van der Waals surface area contributed by atoms with E-state index in [1.54, 1.807) is 41.2 Å². The smallest absolute Gasteiger partial charge is 0.410 e. The van der Waals surface area contributed by atoms with Gasteiger partial charge >= 0.3 is 6.09 Å². The molecule has 1 aromatic heterocycles. The van der Waals surface area contributed by atoms with Crippen molar-refractivity contribution >= 4 is 43.7 Å². The molecule has 0 saturated carbocycles. The van der Waals surface area contributed by atoms with Crippen LogP contribution >= 0.6 is 0 Å². The summed E-state index contributed by atoms with van der Waals surface area (Å²) in [5.74, 6) is 0.296. The van der Waals surface area contributed by atoms with Gasteiger partial charge in [-0.1, -0.05) is 35.9 Å². The van der Waals surface area contributed by atoms with E-state index in [2.05, 4.69) is 0 Å². The molecule has 5 rings (SSSR count). The van der Waals surface area contributed by atoms with Gasteiger partial charge in [0.2, 0.25) is 0 Å². The number of carbonyl (C=O) groups excluding carboxylic acids is 2. The third kappa shape index (κ3) is 5.48. The van der Waals surface area contributed by atoms with Crippen LogP contribution in [0, 0.1) is 6.92 Å². The minimum Gasteiger partial charge on any atom is -0.496 e. The van der Waals surface area contributed by atoms with E-state index in [1.165, 1.54) is 16.2 Å². The molecule has 4 aromatic rings. The number of fused-ring (bicyclic) bond motifs is 2. The number of aromatic nitrogens is 1. The summed E-state index contributed by atoms with van der Waals surface area (Å²) in [5, 5.41) is 1.77. The second kappa shape index (κ2) is 10.7. The van der Waals surface area contributed by atoms with Gasteiger partial charge in [0, 0.05) is 48.5 Å². The summed E-state index contributed by atoms with van der Waals surface area (Å²) in [6.45, 7) is 8.91. The van der Waals surface area contributed by atoms with Crippen molar-refractivity contribution in [1.29, 1.82) is 0 Å². The molecule has 0 spiro atoms. The first kappa shape index (κ1) is 28.5. The second-order valence-corrected chi connectivity index (χ2v) is 13.1. The molecule has 2 heterocycles. The molecular formula is C31H35N3O6S.